The van der Waals surface area contributed by atoms with E-state index in [0.29, 0.717) is 89.3 Å². The van der Waals surface area contributed by atoms with Gasteiger partial charge in [-0.1, -0.05) is 109 Å². The van der Waals surface area contributed by atoms with Crippen LogP contribution in [0, 0.1) is 0 Å². The molecular weight excluding hydrogens is 823 g/mol. The lowest BCUT2D eigenvalue weighted by molar-refractivity contribution is -0.138. The van der Waals surface area contributed by atoms with Gasteiger partial charge in [0.25, 0.3) is 0 Å². The highest BCUT2D eigenvalue weighted by Gasteiger charge is 2.33. The highest BCUT2D eigenvalue weighted by Crippen LogP contribution is 2.45. The van der Waals surface area contributed by atoms with Gasteiger partial charge < -0.3 is 9.13 Å². The third-order valence-electron chi connectivity index (χ3n) is 11.5. The summed E-state index contributed by atoms with van der Waals surface area (Å²) in [7, 11) is 0. The second kappa shape index (κ2) is 14.8. The number of aromatic nitrogens is 6. The van der Waals surface area contributed by atoms with Crippen LogP contribution in [-0.2, 0) is 12.4 Å². The smallest absolute Gasteiger partial charge is 0.309 e. The predicted octanol–water partition coefficient (Wildman–Crippen LogP) is 14.2. The molecule has 11 aromatic rings. The standard InChI is InChI=1S/C52H30F6N6/c53-51(54,55)33-24-26-42-38(29-33)35-17-7-9-20-40(35)63(42)44-22-11-19-37(50-61-48(31-13-3-1-4-14-31)60-49(62-50)32-15-5-2-6-16-32)46(44)47-45(23-12-28-59-47)64-41-21-10-8-18-36(41)39-30-34(52(56,57)58)25-27-43(39)64/h1-30H. The summed E-state index contributed by atoms with van der Waals surface area (Å²) in [5.41, 5.74) is 4.74. The van der Waals surface area contributed by atoms with Crippen LogP contribution in [0.4, 0.5) is 26.3 Å². The van der Waals surface area contributed by atoms with Crippen LogP contribution in [-0.4, -0.2) is 29.1 Å². The first kappa shape index (κ1) is 38.8. The van der Waals surface area contributed by atoms with Crippen LogP contribution in [0.1, 0.15) is 11.1 Å². The van der Waals surface area contributed by atoms with Gasteiger partial charge in [0.05, 0.1) is 50.3 Å². The predicted molar refractivity (Wildman–Crippen MR) is 238 cm³/mol. The number of nitrogens with zero attached hydrogens (tertiary/aromatic N) is 6. The minimum atomic E-state index is -4.58. The lowest BCUT2D eigenvalue weighted by atomic mass is 9.98. The van der Waals surface area contributed by atoms with E-state index in [1.54, 1.807) is 36.5 Å². The fourth-order valence-electron chi connectivity index (χ4n) is 8.68. The summed E-state index contributed by atoms with van der Waals surface area (Å²) in [5, 5.41) is 1.99. The van der Waals surface area contributed by atoms with Crippen molar-refractivity contribution in [1.29, 1.82) is 0 Å². The first-order valence-electron chi connectivity index (χ1n) is 20.2. The highest BCUT2D eigenvalue weighted by atomic mass is 19.4. The zero-order chi connectivity index (χ0) is 43.7. The van der Waals surface area contributed by atoms with Gasteiger partial charge in [-0.05, 0) is 66.7 Å². The average Bonchev–Trinajstić information content (AvgIpc) is 3.83. The van der Waals surface area contributed by atoms with Gasteiger partial charge in [-0.2, -0.15) is 26.3 Å². The summed E-state index contributed by atoms with van der Waals surface area (Å²) in [6, 6.07) is 50.1. The highest BCUT2D eigenvalue weighted by molar-refractivity contribution is 6.12. The Kier molecular flexibility index (Phi) is 8.95. The molecular formula is C52H30F6N6. The largest absolute Gasteiger partial charge is 0.416 e. The minimum Gasteiger partial charge on any atom is -0.309 e. The van der Waals surface area contributed by atoms with Gasteiger partial charge >= 0.3 is 12.4 Å². The van der Waals surface area contributed by atoms with Crippen molar-refractivity contribution < 1.29 is 26.3 Å². The Bertz CT molecular complexity index is 3540. The number of alkyl halides is 6. The molecule has 11 rings (SSSR count). The van der Waals surface area contributed by atoms with Crippen LogP contribution in [0.2, 0.25) is 0 Å². The summed E-state index contributed by atoms with van der Waals surface area (Å²) in [4.78, 5) is 20.2. The maximum Gasteiger partial charge on any atom is 0.416 e. The molecule has 0 saturated heterocycles. The summed E-state index contributed by atoms with van der Waals surface area (Å²) >= 11 is 0. The Balaban J connectivity index is 1.27. The Labute approximate surface area is 360 Å². The average molecular weight is 853 g/mol. The summed E-state index contributed by atoms with van der Waals surface area (Å²) in [5.74, 6) is 1.10. The van der Waals surface area contributed by atoms with E-state index in [-0.39, 0.29) is 0 Å². The lowest BCUT2D eigenvalue weighted by Gasteiger charge is -2.20. The van der Waals surface area contributed by atoms with E-state index in [0.717, 1.165) is 29.3 Å². The van der Waals surface area contributed by atoms with Crippen molar-refractivity contribution in [2.45, 2.75) is 12.4 Å². The van der Waals surface area contributed by atoms with Crippen molar-refractivity contribution in [3.63, 3.8) is 0 Å². The molecule has 64 heavy (non-hydrogen) atoms. The molecule has 0 spiro atoms. The number of rotatable bonds is 6. The fraction of sp³-hybridized carbons (Fsp3) is 0.0385. The zero-order valence-corrected chi connectivity index (χ0v) is 33.3. The third kappa shape index (κ3) is 6.45. The first-order valence-corrected chi connectivity index (χ1v) is 20.2. The van der Waals surface area contributed by atoms with Crippen molar-refractivity contribution in [3.05, 3.63) is 193 Å². The van der Waals surface area contributed by atoms with E-state index in [9.17, 15) is 26.3 Å². The molecule has 7 aromatic carbocycles. The Morgan fingerprint density at radius 2 is 0.828 bits per heavy atom. The molecule has 0 N–H and O–H groups in total. The summed E-state index contributed by atoms with van der Waals surface area (Å²) in [6.07, 6.45) is -7.52. The Hall–Kier alpha value is -8.12. The molecule has 0 bridgehead atoms. The van der Waals surface area contributed by atoms with E-state index in [1.807, 2.05) is 118 Å². The van der Waals surface area contributed by atoms with Crippen molar-refractivity contribution in [2.75, 3.05) is 0 Å². The minimum absolute atomic E-state index is 0.290. The van der Waals surface area contributed by atoms with Gasteiger partial charge in [-0.3, -0.25) is 4.98 Å². The molecule has 4 heterocycles. The maximum absolute atomic E-state index is 14.3. The first-order chi connectivity index (χ1) is 31.0. The SMILES string of the molecule is FC(F)(F)c1ccc2c(c1)c1ccccc1n2-c1cccnc1-c1c(-c2nc(-c3ccccc3)nc(-c3ccccc3)n2)cccc1-n1c2ccccc2c2cc(C(F)(F)F)ccc21. The molecule has 12 heteroatoms. The van der Waals surface area contributed by atoms with E-state index >= 15 is 0 Å². The molecule has 0 radical (unpaired) electrons. The third-order valence-corrected chi connectivity index (χ3v) is 11.5. The van der Waals surface area contributed by atoms with Crippen molar-refractivity contribution in [1.82, 2.24) is 29.1 Å². The molecule has 0 saturated carbocycles. The van der Waals surface area contributed by atoms with Gasteiger partial charge in [0, 0.05) is 50.0 Å². The van der Waals surface area contributed by atoms with E-state index in [1.165, 1.54) is 18.2 Å². The van der Waals surface area contributed by atoms with Crippen molar-refractivity contribution >= 4 is 43.6 Å². The maximum atomic E-state index is 14.3. The molecule has 0 fully saturated rings. The molecule has 0 aliphatic rings. The van der Waals surface area contributed by atoms with Crippen LogP contribution in [0.3, 0.4) is 0 Å². The number of hydrogen-bond donors (Lipinski definition) is 0. The summed E-state index contributed by atoms with van der Waals surface area (Å²) < 4.78 is 89.2. The number of pyridine rings is 1. The van der Waals surface area contributed by atoms with Crippen LogP contribution >= 0.6 is 0 Å². The Morgan fingerprint density at radius 3 is 1.36 bits per heavy atom. The normalized spacial score (nSPS) is 12.2. The second-order valence-corrected chi connectivity index (χ2v) is 15.3. The van der Waals surface area contributed by atoms with E-state index < -0.39 is 23.5 Å². The van der Waals surface area contributed by atoms with E-state index in [2.05, 4.69) is 0 Å². The van der Waals surface area contributed by atoms with Crippen LogP contribution in [0.15, 0.2) is 182 Å². The van der Waals surface area contributed by atoms with Crippen molar-refractivity contribution in [2.24, 2.45) is 0 Å². The molecule has 0 atom stereocenters. The summed E-state index contributed by atoms with van der Waals surface area (Å²) in [6.45, 7) is 0. The van der Waals surface area contributed by atoms with Crippen LogP contribution in [0.25, 0.3) is 100 Å². The Morgan fingerprint density at radius 1 is 0.375 bits per heavy atom. The molecule has 4 aromatic heterocycles. The van der Waals surface area contributed by atoms with Gasteiger partial charge in [-0.15, -0.1) is 0 Å². The monoisotopic (exact) mass is 852 g/mol. The van der Waals surface area contributed by atoms with Gasteiger partial charge in [-0.25, -0.2) is 15.0 Å². The molecule has 6 nitrogen and oxygen atoms in total. The number of halogens is 6. The van der Waals surface area contributed by atoms with Gasteiger partial charge in [0.15, 0.2) is 17.5 Å². The fourth-order valence-corrected chi connectivity index (χ4v) is 8.68. The quantitative estimate of drug-likeness (QED) is 0.156. The van der Waals surface area contributed by atoms with Crippen LogP contribution in [0.5, 0.6) is 0 Å². The van der Waals surface area contributed by atoms with Gasteiger partial charge in [0.1, 0.15) is 0 Å². The molecule has 310 valence electrons. The zero-order valence-electron chi connectivity index (χ0n) is 33.3. The molecule has 0 aliphatic carbocycles. The number of hydrogen-bond acceptors (Lipinski definition) is 4. The lowest BCUT2D eigenvalue weighted by Crippen LogP contribution is -2.07. The van der Waals surface area contributed by atoms with Crippen molar-refractivity contribution in [3.8, 4) is 56.8 Å². The topological polar surface area (TPSA) is 61.4 Å². The second-order valence-electron chi connectivity index (χ2n) is 15.3. The molecule has 0 unspecified atom stereocenters. The van der Waals surface area contributed by atoms with E-state index in [4.69, 9.17) is 19.9 Å². The number of para-hydroxylation sites is 2. The number of benzene rings is 7. The van der Waals surface area contributed by atoms with Crippen LogP contribution < -0.4 is 0 Å². The molecule has 0 aliphatic heterocycles. The van der Waals surface area contributed by atoms with Gasteiger partial charge in [0.2, 0.25) is 0 Å². The molecule has 0 amide bonds. The number of fused-ring (bicyclic) bond motifs is 6.